The predicted octanol–water partition coefficient (Wildman–Crippen LogP) is 0.0978. The average Bonchev–Trinajstić information content (AvgIpc) is 2.67. The van der Waals surface area contributed by atoms with Crippen LogP contribution in [-0.2, 0) is 4.74 Å². The second-order valence-electron chi connectivity index (χ2n) is 5.18. The molecule has 1 aromatic heterocycles. The molecule has 2 N–H and O–H groups in total. The zero-order valence-electron chi connectivity index (χ0n) is 10.7. The fraction of sp³-hybridized carbons (Fsp3) is 0.583. The van der Waals surface area contributed by atoms with Crippen molar-refractivity contribution in [1.29, 1.82) is 0 Å². The van der Waals surface area contributed by atoms with Crippen molar-refractivity contribution in [3.8, 4) is 5.75 Å². The molecule has 0 bridgehead atoms. The van der Waals surface area contributed by atoms with Crippen molar-refractivity contribution < 1.29 is 19.5 Å². The molecule has 18 heavy (non-hydrogen) atoms. The van der Waals surface area contributed by atoms with Crippen molar-refractivity contribution in [3.05, 3.63) is 18.5 Å². The summed E-state index contributed by atoms with van der Waals surface area (Å²) in [5.74, 6) is 0.522. The summed E-state index contributed by atoms with van der Waals surface area (Å²) < 4.78 is 11.4. The molecule has 1 unspecified atom stereocenters. The van der Waals surface area contributed by atoms with Crippen molar-refractivity contribution in [2.75, 3.05) is 6.61 Å². The SMILES string of the molecule is CC1(C)CCC(COc2cncc(B(O)O)c2)O1. The summed E-state index contributed by atoms with van der Waals surface area (Å²) in [4.78, 5) is 3.89. The average molecular weight is 251 g/mol. The lowest BCUT2D eigenvalue weighted by molar-refractivity contribution is -0.0326. The third kappa shape index (κ3) is 3.44. The van der Waals surface area contributed by atoms with E-state index in [1.54, 1.807) is 12.3 Å². The maximum Gasteiger partial charge on any atom is 0.490 e. The van der Waals surface area contributed by atoms with Gasteiger partial charge in [0.1, 0.15) is 12.4 Å². The van der Waals surface area contributed by atoms with Crippen molar-refractivity contribution >= 4 is 12.6 Å². The second-order valence-corrected chi connectivity index (χ2v) is 5.18. The lowest BCUT2D eigenvalue weighted by Gasteiger charge is -2.19. The molecular weight excluding hydrogens is 233 g/mol. The van der Waals surface area contributed by atoms with E-state index in [0.717, 1.165) is 12.8 Å². The smallest absolute Gasteiger partial charge is 0.489 e. The Morgan fingerprint density at radius 2 is 2.28 bits per heavy atom. The number of rotatable bonds is 4. The zero-order chi connectivity index (χ0) is 13.2. The van der Waals surface area contributed by atoms with Gasteiger partial charge in [0, 0.05) is 11.7 Å². The number of ether oxygens (including phenoxy) is 2. The van der Waals surface area contributed by atoms with E-state index >= 15 is 0 Å². The van der Waals surface area contributed by atoms with Crippen LogP contribution in [0.4, 0.5) is 0 Å². The fourth-order valence-corrected chi connectivity index (χ4v) is 2.04. The molecule has 1 atom stereocenters. The predicted molar refractivity (Wildman–Crippen MR) is 67.7 cm³/mol. The molecule has 98 valence electrons. The topological polar surface area (TPSA) is 71.8 Å². The van der Waals surface area contributed by atoms with Crippen LogP contribution in [0.15, 0.2) is 18.5 Å². The standard InChI is InChI=1S/C12H18BNO4/c1-12(2)4-3-10(18-12)8-17-11-5-9(13(15)16)6-14-7-11/h5-7,10,15-16H,3-4,8H2,1-2H3. The minimum Gasteiger partial charge on any atom is -0.489 e. The van der Waals surface area contributed by atoms with Crippen LogP contribution in [0, 0.1) is 0 Å². The molecule has 0 amide bonds. The summed E-state index contributed by atoms with van der Waals surface area (Å²) in [6, 6.07) is 1.57. The lowest BCUT2D eigenvalue weighted by atomic mass is 9.82. The molecule has 0 saturated carbocycles. The van der Waals surface area contributed by atoms with E-state index in [9.17, 15) is 0 Å². The van der Waals surface area contributed by atoms with Gasteiger partial charge in [0.25, 0.3) is 0 Å². The molecule has 0 aromatic carbocycles. The number of pyridine rings is 1. The van der Waals surface area contributed by atoms with Gasteiger partial charge in [-0.1, -0.05) is 0 Å². The van der Waals surface area contributed by atoms with Crippen LogP contribution < -0.4 is 10.2 Å². The summed E-state index contributed by atoms with van der Waals surface area (Å²) in [5, 5.41) is 18.1. The number of nitrogens with zero attached hydrogens (tertiary/aromatic N) is 1. The maximum absolute atomic E-state index is 9.03. The van der Waals surface area contributed by atoms with E-state index in [-0.39, 0.29) is 11.7 Å². The third-order valence-electron chi connectivity index (χ3n) is 3.02. The van der Waals surface area contributed by atoms with E-state index in [4.69, 9.17) is 19.5 Å². The minimum atomic E-state index is -1.53. The minimum absolute atomic E-state index is 0.0740. The normalized spacial score (nSPS) is 21.9. The Hall–Kier alpha value is -1.11. The largest absolute Gasteiger partial charge is 0.490 e. The number of aromatic nitrogens is 1. The molecule has 2 heterocycles. The van der Waals surface area contributed by atoms with Crippen LogP contribution in [0.3, 0.4) is 0 Å². The summed E-state index contributed by atoms with van der Waals surface area (Å²) in [6.45, 7) is 4.59. The van der Waals surface area contributed by atoms with Gasteiger partial charge in [-0.3, -0.25) is 4.98 Å². The summed E-state index contributed by atoms with van der Waals surface area (Å²) in [7, 11) is -1.53. The highest BCUT2D eigenvalue weighted by atomic mass is 16.6. The van der Waals surface area contributed by atoms with Crippen molar-refractivity contribution in [2.45, 2.75) is 38.4 Å². The molecule has 1 aliphatic heterocycles. The van der Waals surface area contributed by atoms with Gasteiger partial charge in [0.2, 0.25) is 0 Å². The van der Waals surface area contributed by atoms with Gasteiger partial charge < -0.3 is 19.5 Å². The Balaban J connectivity index is 1.89. The molecule has 5 nitrogen and oxygen atoms in total. The first-order valence-corrected chi connectivity index (χ1v) is 6.08. The van der Waals surface area contributed by atoms with E-state index in [1.165, 1.54) is 6.20 Å². The molecule has 0 spiro atoms. The van der Waals surface area contributed by atoms with Gasteiger partial charge in [-0.05, 0) is 32.8 Å². The molecule has 1 saturated heterocycles. The highest BCUT2D eigenvalue weighted by Gasteiger charge is 2.31. The van der Waals surface area contributed by atoms with E-state index < -0.39 is 7.12 Å². The van der Waals surface area contributed by atoms with Gasteiger partial charge in [0.05, 0.1) is 17.9 Å². The first kappa shape index (κ1) is 13.3. The summed E-state index contributed by atoms with van der Waals surface area (Å²) in [5.41, 5.74) is 0.246. The summed E-state index contributed by atoms with van der Waals surface area (Å²) in [6.07, 6.45) is 5.03. The van der Waals surface area contributed by atoms with Crippen LogP contribution in [0.25, 0.3) is 0 Å². The zero-order valence-corrected chi connectivity index (χ0v) is 10.7. The Morgan fingerprint density at radius 1 is 1.50 bits per heavy atom. The van der Waals surface area contributed by atoms with Crippen LogP contribution in [0.5, 0.6) is 5.75 Å². The van der Waals surface area contributed by atoms with Crippen LogP contribution >= 0.6 is 0 Å². The van der Waals surface area contributed by atoms with Gasteiger partial charge in [-0.2, -0.15) is 0 Å². The molecule has 1 aromatic rings. The Morgan fingerprint density at radius 3 is 2.89 bits per heavy atom. The highest BCUT2D eigenvalue weighted by Crippen LogP contribution is 2.29. The Kier molecular flexibility index (Phi) is 3.89. The quantitative estimate of drug-likeness (QED) is 0.742. The van der Waals surface area contributed by atoms with Gasteiger partial charge >= 0.3 is 7.12 Å². The van der Waals surface area contributed by atoms with E-state index in [1.807, 2.05) is 0 Å². The van der Waals surface area contributed by atoms with Crippen molar-refractivity contribution in [1.82, 2.24) is 4.98 Å². The molecule has 1 fully saturated rings. The monoisotopic (exact) mass is 251 g/mol. The molecular formula is C12H18BNO4. The first-order valence-electron chi connectivity index (χ1n) is 6.08. The Bertz CT molecular complexity index is 411. The number of hydrogen-bond acceptors (Lipinski definition) is 5. The van der Waals surface area contributed by atoms with Crippen molar-refractivity contribution in [2.24, 2.45) is 0 Å². The van der Waals surface area contributed by atoms with E-state index in [0.29, 0.717) is 17.8 Å². The lowest BCUT2D eigenvalue weighted by Crippen LogP contribution is -2.30. The van der Waals surface area contributed by atoms with Gasteiger partial charge in [-0.15, -0.1) is 0 Å². The maximum atomic E-state index is 9.03. The molecule has 6 heteroatoms. The molecule has 2 rings (SSSR count). The molecule has 1 aliphatic rings. The highest BCUT2D eigenvalue weighted by molar-refractivity contribution is 6.58. The van der Waals surface area contributed by atoms with Crippen molar-refractivity contribution in [3.63, 3.8) is 0 Å². The van der Waals surface area contributed by atoms with Crippen LogP contribution in [0.2, 0.25) is 0 Å². The van der Waals surface area contributed by atoms with Crippen LogP contribution in [0.1, 0.15) is 26.7 Å². The molecule has 0 aliphatic carbocycles. The number of hydrogen-bond donors (Lipinski definition) is 2. The summed E-state index contributed by atoms with van der Waals surface area (Å²) >= 11 is 0. The second kappa shape index (κ2) is 5.26. The van der Waals surface area contributed by atoms with E-state index in [2.05, 4.69) is 18.8 Å². The van der Waals surface area contributed by atoms with Crippen LogP contribution in [-0.4, -0.2) is 40.5 Å². The Labute approximate surface area is 107 Å². The molecule has 0 radical (unpaired) electrons. The van der Waals surface area contributed by atoms with Gasteiger partial charge in [0.15, 0.2) is 0 Å². The first-order chi connectivity index (χ1) is 8.46. The third-order valence-corrected chi connectivity index (χ3v) is 3.02. The fourth-order valence-electron chi connectivity index (χ4n) is 2.04. The van der Waals surface area contributed by atoms with Gasteiger partial charge in [-0.25, -0.2) is 0 Å².